The van der Waals surface area contributed by atoms with Gasteiger partial charge in [0, 0.05) is 9.58 Å². The molecule has 3 aromatic rings. The second-order valence-corrected chi connectivity index (χ2v) is 5.82. The highest BCUT2D eigenvalue weighted by atomic mass is 32.1. The normalized spacial score (nSPS) is 12.5. The van der Waals surface area contributed by atoms with E-state index in [1.54, 1.807) is 19.2 Å². The molecule has 0 bridgehead atoms. The zero-order valence-corrected chi connectivity index (χ0v) is 12.3. The summed E-state index contributed by atoms with van der Waals surface area (Å²) < 4.78 is 19.4. The van der Waals surface area contributed by atoms with Crippen molar-refractivity contribution in [3.63, 3.8) is 0 Å². The van der Waals surface area contributed by atoms with Crippen molar-refractivity contribution >= 4 is 21.4 Å². The molecule has 0 aliphatic carbocycles. The van der Waals surface area contributed by atoms with Gasteiger partial charge in [-0.3, -0.25) is 5.84 Å². The highest BCUT2D eigenvalue weighted by molar-refractivity contribution is 7.19. The van der Waals surface area contributed by atoms with Gasteiger partial charge in [-0.2, -0.15) is 0 Å². The summed E-state index contributed by atoms with van der Waals surface area (Å²) in [6.45, 7) is 0. The van der Waals surface area contributed by atoms with E-state index >= 15 is 0 Å². The van der Waals surface area contributed by atoms with Crippen molar-refractivity contribution in [2.24, 2.45) is 5.84 Å². The summed E-state index contributed by atoms with van der Waals surface area (Å²) in [6.07, 6.45) is 0. The van der Waals surface area contributed by atoms with Gasteiger partial charge in [-0.05, 0) is 41.3 Å². The molecule has 1 heterocycles. The molecular formula is C16H15FN2OS. The number of halogens is 1. The Bertz CT molecular complexity index is 755. The van der Waals surface area contributed by atoms with Gasteiger partial charge in [0.25, 0.3) is 0 Å². The van der Waals surface area contributed by atoms with Crippen molar-refractivity contribution in [2.45, 2.75) is 6.04 Å². The van der Waals surface area contributed by atoms with Gasteiger partial charge in [0.15, 0.2) is 0 Å². The van der Waals surface area contributed by atoms with Crippen LogP contribution in [0.5, 0.6) is 5.75 Å². The number of hydrogen-bond donors (Lipinski definition) is 2. The fourth-order valence-electron chi connectivity index (χ4n) is 2.31. The molecule has 3 rings (SSSR count). The highest BCUT2D eigenvalue weighted by Crippen LogP contribution is 2.33. The van der Waals surface area contributed by atoms with E-state index in [4.69, 9.17) is 10.6 Å². The highest BCUT2D eigenvalue weighted by Gasteiger charge is 2.15. The minimum atomic E-state index is -0.224. The lowest BCUT2D eigenvalue weighted by atomic mass is 10.1. The Morgan fingerprint density at radius 1 is 1.14 bits per heavy atom. The van der Waals surface area contributed by atoms with Crippen molar-refractivity contribution in [1.82, 2.24) is 5.43 Å². The van der Waals surface area contributed by atoms with Crippen LogP contribution >= 0.6 is 11.3 Å². The molecule has 0 saturated carbocycles. The van der Waals surface area contributed by atoms with E-state index in [0.717, 1.165) is 26.3 Å². The maximum Gasteiger partial charge on any atom is 0.124 e. The van der Waals surface area contributed by atoms with E-state index in [1.165, 1.54) is 17.4 Å². The van der Waals surface area contributed by atoms with Gasteiger partial charge in [0.1, 0.15) is 11.6 Å². The molecule has 0 amide bonds. The number of hydrazine groups is 1. The molecule has 0 aliphatic rings. The molecule has 1 unspecified atom stereocenters. The lowest BCUT2D eigenvalue weighted by Gasteiger charge is -2.15. The molecule has 3 N–H and O–H groups in total. The van der Waals surface area contributed by atoms with Crippen LogP contribution in [0.3, 0.4) is 0 Å². The van der Waals surface area contributed by atoms with Crippen LogP contribution in [0.2, 0.25) is 0 Å². The summed E-state index contributed by atoms with van der Waals surface area (Å²) in [6, 6.07) is 14.4. The molecule has 0 aliphatic heterocycles. The SMILES string of the molecule is COc1ccc(C(NN)c2cc3ccc(F)cc3s2)cc1. The van der Waals surface area contributed by atoms with Crippen LogP contribution in [0.1, 0.15) is 16.5 Å². The van der Waals surface area contributed by atoms with Gasteiger partial charge in [0.05, 0.1) is 13.2 Å². The number of methoxy groups -OCH3 is 1. The van der Waals surface area contributed by atoms with Crippen molar-refractivity contribution in [2.75, 3.05) is 7.11 Å². The zero-order chi connectivity index (χ0) is 14.8. The third-order valence-electron chi connectivity index (χ3n) is 3.40. The van der Waals surface area contributed by atoms with E-state index in [2.05, 4.69) is 5.43 Å². The molecule has 1 aromatic heterocycles. The average molecular weight is 302 g/mol. The molecule has 0 saturated heterocycles. The Hall–Kier alpha value is -1.95. The van der Waals surface area contributed by atoms with E-state index in [0.29, 0.717) is 0 Å². The summed E-state index contributed by atoms with van der Waals surface area (Å²) in [4.78, 5) is 1.04. The molecular weight excluding hydrogens is 287 g/mol. The Labute approximate surface area is 126 Å². The van der Waals surface area contributed by atoms with Crippen LogP contribution in [0.15, 0.2) is 48.5 Å². The number of nitrogens with two attached hydrogens (primary N) is 1. The first-order valence-corrected chi connectivity index (χ1v) is 7.32. The number of ether oxygens (including phenoxy) is 1. The van der Waals surface area contributed by atoms with Crippen molar-refractivity contribution in [1.29, 1.82) is 0 Å². The van der Waals surface area contributed by atoms with Gasteiger partial charge in [0.2, 0.25) is 0 Å². The summed E-state index contributed by atoms with van der Waals surface area (Å²) in [5.74, 6) is 6.29. The topological polar surface area (TPSA) is 47.3 Å². The molecule has 1 atom stereocenters. The minimum absolute atomic E-state index is 0.128. The maximum atomic E-state index is 13.3. The number of thiophene rings is 1. The minimum Gasteiger partial charge on any atom is -0.497 e. The maximum absolute atomic E-state index is 13.3. The first-order chi connectivity index (χ1) is 10.2. The number of benzene rings is 2. The van der Waals surface area contributed by atoms with Crippen LogP contribution in [0.4, 0.5) is 4.39 Å². The van der Waals surface area contributed by atoms with Crippen molar-refractivity contribution < 1.29 is 9.13 Å². The Balaban J connectivity index is 2.00. The number of hydrogen-bond acceptors (Lipinski definition) is 4. The largest absolute Gasteiger partial charge is 0.497 e. The second kappa shape index (κ2) is 5.81. The number of rotatable bonds is 4. The molecule has 3 nitrogen and oxygen atoms in total. The van der Waals surface area contributed by atoms with E-state index in [-0.39, 0.29) is 11.9 Å². The van der Waals surface area contributed by atoms with Gasteiger partial charge in [-0.1, -0.05) is 18.2 Å². The monoisotopic (exact) mass is 302 g/mol. The van der Waals surface area contributed by atoms with E-state index in [1.807, 2.05) is 30.3 Å². The molecule has 0 spiro atoms. The second-order valence-electron chi connectivity index (χ2n) is 4.70. The van der Waals surface area contributed by atoms with Gasteiger partial charge >= 0.3 is 0 Å². The summed E-state index contributed by atoms with van der Waals surface area (Å²) in [5, 5.41) is 1.02. The van der Waals surface area contributed by atoms with Crippen LogP contribution in [0, 0.1) is 5.82 Å². The molecule has 0 radical (unpaired) electrons. The van der Waals surface area contributed by atoms with Crippen molar-refractivity contribution in [3.8, 4) is 5.75 Å². The molecule has 2 aromatic carbocycles. The quantitative estimate of drug-likeness (QED) is 0.572. The lowest BCUT2D eigenvalue weighted by Crippen LogP contribution is -2.28. The fraction of sp³-hybridized carbons (Fsp3) is 0.125. The molecule has 108 valence electrons. The van der Waals surface area contributed by atoms with Crippen LogP contribution < -0.4 is 16.0 Å². The Morgan fingerprint density at radius 2 is 1.90 bits per heavy atom. The lowest BCUT2D eigenvalue weighted by molar-refractivity contribution is 0.414. The van der Waals surface area contributed by atoms with Gasteiger partial charge in [-0.15, -0.1) is 11.3 Å². The van der Waals surface area contributed by atoms with E-state index < -0.39 is 0 Å². The molecule has 21 heavy (non-hydrogen) atoms. The van der Waals surface area contributed by atoms with Gasteiger partial charge < -0.3 is 4.74 Å². The predicted molar refractivity (Wildman–Crippen MR) is 83.9 cm³/mol. The molecule has 0 fully saturated rings. The smallest absolute Gasteiger partial charge is 0.124 e. The first kappa shape index (κ1) is 14.0. The van der Waals surface area contributed by atoms with Crippen LogP contribution in [-0.4, -0.2) is 7.11 Å². The summed E-state index contributed by atoms with van der Waals surface area (Å²) >= 11 is 1.54. The predicted octanol–water partition coefficient (Wildman–Crippen LogP) is 3.60. The third kappa shape index (κ3) is 2.76. The first-order valence-electron chi connectivity index (χ1n) is 6.50. The summed E-state index contributed by atoms with van der Waals surface area (Å²) in [7, 11) is 1.63. The van der Waals surface area contributed by atoms with Crippen LogP contribution in [-0.2, 0) is 0 Å². The number of nitrogens with one attached hydrogen (secondary N) is 1. The fourth-order valence-corrected chi connectivity index (χ4v) is 3.48. The zero-order valence-electron chi connectivity index (χ0n) is 11.5. The van der Waals surface area contributed by atoms with Crippen molar-refractivity contribution in [3.05, 3.63) is 64.8 Å². The Morgan fingerprint density at radius 3 is 2.57 bits per heavy atom. The average Bonchev–Trinajstić information content (AvgIpc) is 2.91. The van der Waals surface area contributed by atoms with Crippen LogP contribution in [0.25, 0.3) is 10.1 Å². The van der Waals surface area contributed by atoms with E-state index in [9.17, 15) is 4.39 Å². The Kier molecular flexibility index (Phi) is 3.88. The summed E-state index contributed by atoms with van der Waals surface area (Å²) in [5.41, 5.74) is 3.86. The number of fused-ring (bicyclic) bond motifs is 1. The molecule has 5 heteroatoms. The third-order valence-corrected chi connectivity index (χ3v) is 4.56. The van der Waals surface area contributed by atoms with Gasteiger partial charge in [-0.25, -0.2) is 9.82 Å². The standard InChI is InChI=1S/C16H15FN2OS/c1-20-13-6-3-10(4-7-13)16(19-18)15-8-11-2-5-12(17)9-14(11)21-15/h2-9,16,19H,18H2,1H3.